The molecule has 1 heterocycles. The number of aromatic nitrogens is 1. The van der Waals surface area contributed by atoms with Crippen molar-refractivity contribution in [2.45, 2.75) is 13.5 Å². The Balaban J connectivity index is 1.60. The fourth-order valence-electron chi connectivity index (χ4n) is 2.58. The first-order chi connectivity index (χ1) is 13.5. The first-order valence-electron chi connectivity index (χ1n) is 8.80. The Hall–Kier alpha value is -3.67. The van der Waals surface area contributed by atoms with Crippen LogP contribution in [0.15, 0.2) is 66.9 Å². The third-order valence-electron chi connectivity index (χ3n) is 4.16. The lowest BCUT2D eigenvalue weighted by atomic mass is 10.1. The van der Waals surface area contributed by atoms with Gasteiger partial charge in [-0.1, -0.05) is 35.9 Å². The summed E-state index contributed by atoms with van der Waals surface area (Å²) in [5.41, 5.74) is 3.67. The molecular formula is C22H21N3O3. The normalized spacial score (nSPS) is 10.2. The second-order valence-corrected chi connectivity index (χ2v) is 6.30. The van der Waals surface area contributed by atoms with Gasteiger partial charge in [0.15, 0.2) is 0 Å². The Morgan fingerprint density at radius 2 is 1.79 bits per heavy atom. The number of carbonyl (C=O) groups excluding carboxylic acids is 2. The van der Waals surface area contributed by atoms with E-state index in [1.54, 1.807) is 36.4 Å². The summed E-state index contributed by atoms with van der Waals surface area (Å²) in [4.78, 5) is 28.3. The number of methoxy groups -OCH3 is 1. The Bertz CT molecular complexity index is 967. The molecule has 0 aliphatic rings. The van der Waals surface area contributed by atoms with Gasteiger partial charge >= 0.3 is 5.97 Å². The zero-order valence-corrected chi connectivity index (χ0v) is 15.7. The van der Waals surface area contributed by atoms with Crippen molar-refractivity contribution in [1.29, 1.82) is 0 Å². The number of hydrogen-bond acceptors (Lipinski definition) is 5. The number of pyridine rings is 1. The van der Waals surface area contributed by atoms with Crippen LogP contribution >= 0.6 is 0 Å². The standard InChI is InChI=1S/C22H21N3O3/c1-15-6-8-16(9-7-15)13-23-20-11-10-18(14-24-20)21(26)25-19-5-3-4-17(12-19)22(27)28-2/h3-12,14H,13H2,1-2H3,(H,23,24)(H,25,26). The van der Waals surface area contributed by atoms with Crippen LogP contribution in [0, 0.1) is 6.92 Å². The van der Waals surface area contributed by atoms with E-state index in [9.17, 15) is 9.59 Å². The first-order valence-corrected chi connectivity index (χ1v) is 8.80. The summed E-state index contributed by atoms with van der Waals surface area (Å²) in [6.45, 7) is 2.70. The van der Waals surface area contributed by atoms with Crippen molar-refractivity contribution < 1.29 is 14.3 Å². The molecule has 0 aliphatic heterocycles. The minimum Gasteiger partial charge on any atom is -0.465 e. The second-order valence-electron chi connectivity index (χ2n) is 6.30. The number of esters is 1. The number of carbonyl (C=O) groups is 2. The van der Waals surface area contributed by atoms with Gasteiger partial charge in [0.1, 0.15) is 5.82 Å². The quantitative estimate of drug-likeness (QED) is 0.636. The molecule has 0 unspecified atom stereocenters. The third-order valence-corrected chi connectivity index (χ3v) is 4.16. The molecular weight excluding hydrogens is 354 g/mol. The van der Waals surface area contributed by atoms with Crippen LogP contribution in [-0.2, 0) is 11.3 Å². The molecule has 28 heavy (non-hydrogen) atoms. The Morgan fingerprint density at radius 1 is 1.00 bits per heavy atom. The highest BCUT2D eigenvalue weighted by atomic mass is 16.5. The fraction of sp³-hybridized carbons (Fsp3) is 0.136. The van der Waals surface area contributed by atoms with Gasteiger partial charge in [0, 0.05) is 18.4 Å². The predicted molar refractivity (Wildman–Crippen MR) is 108 cm³/mol. The maximum Gasteiger partial charge on any atom is 0.337 e. The zero-order chi connectivity index (χ0) is 19.9. The molecule has 3 aromatic rings. The van der Waals surface area contributed by atoms with E-state index >= 15 is 0 Å². The van der Waals surface area contributed by atoms with Crippen molar-refractivity contribution in [1.82, 2.24) is 4.98 Å². The molecule has 1 aromatic heterocycles. The third kappa shape index (κ3) is 4.94. The molecule has 0 fully saturated rings. The molecule has 0 bridgehead atoms. The summed E-state index contributed by atoms with van der Waals surface area (Å²) in [5.74, 6) is -0.0776. The highest BCUT2D eigenvalue weighted by molar-refractivity contribution is 6.04. The molecule has 2 aromatic carbocycles. The molecule has 3 rings (SSSR count). The molecule has 6 nitrogen and oxygen atoms in total. The van der Waals surface area contributed by atoms with Gasteiger partial charge in [-0.3, -0.25) is 4.79 Å². The van der Waals surface area contributed by atoms with E-state index in [0.717, 1.165) is 5.56 Å². The van der Waals surface area contributed by atoms with E-state index in [2.05, 4.69) is 44.6 Å². The molecule has 0 radical (unpaired) electrons. The second kappa shape index (κ2) is 8.81. The monoisotopic (exact) mass is 375 g/mol. The number of hydrogen-bond donors (Lipinski definition) is 2. The van der Waals surface area contributed by atoms with Gasteiger partial charge in [0.2, 0.25) is 0 Å². The number of rotatable bonds is 6. The predicted octanol–water partition coefficient (Wildman–Crippen LogP) is 4.04. The molecule has 0 aliphatic carbocycles. The number of benzene rings is 2. The summed E-state index contributed by atoms with van der Waals surface area (Å²) in [6, 6.07) is 18.3. The van der Waals surface area contributed by atoms with Gasteiger partial charge in [-0.2, -0.15) is 0 Å². The maximum absolute atomic E-state index is 12.4. The topological polar surface area (TPSA) is 80.3 Å². The highest BCUT2D eigenvalue weighted by Gasteiger charge is 2.10. The Labute approximate surface area is 163 Å². The van der Waals surface area contributed by atoms with Crippen molar-refractivity contribution in [3.05, 3.63) is 89.1 Å². The molecule has 0 saturated carbocycles. The molecule has 6 heteroatoms. The van der Waals surface area contributed by atoms with Crippen molar-refractivity contribution >= 4 is 23.4 Å². The summed E-state index contributed by atoms with van der Waals surface area (Å²) in [7, 11) is 1.31. The Morgan fingerprint density at radius 3 is 2.46 bits per heavy atom. The number of nitrogens with one attached hydrogen (secondary N) is 2. The van der Waals surface area contributed by atoms with Gasteiger partial charge < -0.3 is 15.4 Å². The van der Waals surface area contributed by atoms with Gasteiger partial charge in [-0.05, 0) is 42.8 Å². The van der Waals surface area contributed by atoms with E-state index in [1.165, 1.54) is 18.9 Å². The fourth-order valence-corrected chi connectivity index (χ4v) is 2.58. The van der Waals surface area contributed by atoms with Crippen LogP contribution in [0.2, 0.25) is 0 Å². The van der Waals surface area contributed by atoms with E-state index in [0.29, 0.717) is 29.2 Å². The molecule has 0 saturated heterocycles. The number of ether oxygens (including phenoxy) is 1. The van der Waals surface area contributed by atoms with Crippen molar-refractivity contribution in [3.63, 3.8) is 0 Å². The molecule has 2 N–H and O–H groups in total. The van der Waals surface area contributed by atoms with Gasteiger partial charge in [0.25, 0.3) is 5.91 Å². The van der Waals surface area contributed by atoms with Crippen LogP contribution in [0.3, 0.4) is 0 Å². The average Bonchev–Trinajstić information content (AvgIpc) is 2.73. The number of nitrogens with zero attached hydrogens (tertiary/aromatic N) is 1. The summed E-state index contributed by atoms with van der Waals surface area (Å²) < 4.78 is 4.69. The van der Waals surface area contributed by atoms with Crippen molar-refractivity contribution in [3.8, 4) is 0 Å². The molecule has 142 valence electrons. The lowest BCUT2D eigenvalue weighted by Crippen LogP contribution is -2.13. The summed E-state index contributed by atoms with van der Waals surface area (Å²) >= 11 is 0. The summed E-state index contributed by atoms with van der Waals surface area (Å²) in [5, 5.41) is 5.98. The van der Waals surface area contributed by atoms with E-state index in [4.69, 9.17) is 0 Å². The lowest BCUT2D eigenvalue weighted by Gasteiger charge is -2.08. The molecule has 1 amide bonds. The smallest absolute Gasteiger partial charge is 0.337 e. The van der Waals surface area contributed by atoms with Crippen molar-refractivity contribution in [2.75, 3.05) is 17.7 Å². The van der Waals surface area contributed by atoms with Gasteiger partial charge in [0.05, 0.1) is 18.2 Å². The Kier molecular flexibility index (Phi) is 6.01. The number of amides is 1. The summed E-state index contributed by atoms with van der Waals surface area (Å²) in [6.07, 6.45) is 1.51. The van der Waals surface area contributed by atoms with Crippen LogP contribution in [-0.4, -0.2) is 24.0 Å². The number of anilines is 2. The minimum absolute atomic E-state index is 0.306. The van der Waals surface area contributed by atoms with E-state index in [1.807, 2.05) is 6.92 Å². The van der Waals surface area contributed by atoms with E-state index < -0.39 is 5.97 Å². The lowest BCUT2D eigenvalue weighted by molar-refractivity contribution is 0.0600. The zero-order valence-electron chi connectivity index (χ0n) is 15.7. The van der Waals surface area contributed by atoms with Crippen LogP contribution < -0.4 is 10.6 Å². The average molecular weight is 375 g/mol. The van der Waals surface area contributed by atoms with Crippen molar-refractivity contribution in [2.24, 2.45) is 0 Å². The van der Waals surface area contributed by atoms with Crippen LogP contribution in [0.1, 0.15) is 31.8 Å². The van der Waals surface area contributed by atoms with Crippen LogP contribution in [0.25, 0.3) is 0 Å². The first kappa shape index (κ1) is 19.1. The SMILES string of the molecule is COC(=O)c1cccc(NC(=O)c2ccc(NCc3ccc(C)cc3)nc2)c1. The van der Waals surface area contributed by atoms with Gasteiger partial charge in [-0.15, -0.1) is 0 Å². The van der Waals surface area contributed by atoms with Gasteiger partial charge in [-0.25, -0.2) is 9.78 Å². The minimum atomic E-state index is -0.457. The number of aryl methyl sites for hydroxylation is 1. The largest absolute Gasteiger partial charge is 0.465 e. The molecule has 0 spiro atoms. The van der Waals surface area contributed by atoms with E-state index in [-0.39, 0.29) is 5.91 Å². The highest BCUT2D eigenvalue weighted by Crippen LogP contribution is 2.14. The van der Waals surface area contributed by atoms with Crippen LogP contribution in [0.4, 0.5) is 11.5 Å². The van der Waals surface area contributed by atoms with Crippen LogP contribution in [0.5, 0.6) is 0 Å². The molecule has 0 atom stereocenters. The maximum atomic E-state index is 12.4.